The van der Waals surface area contributed by atoms with Gasteiger partial charge in [-0.2, -0.15) is 0 Å². The first-order chi connectivity index (χ1) is 7.08. The Morgan fingerprint density at radius 3 is 2.67 bits per heavy atom. The van der Waals surface area contributed by atoms with E-state index in [2.05, 4.69) is 13.8 Å². The van der Waals surface area contributed by atoms with E-state index in [-0.39, 0.29) is 5.41 Å². The van der Waals surface area contributed by atoms with Gasteiger partial charge in [-0.3, -0.25) is 4.79 Å². The molecule has 2 bridgehead atoms. The molecule has 2 heteroatoms. The van der Waals surface area contributed by atoms with Crippen molar-refractivity contribution in [2.45, 2.75) is 52.4 Å². The molecule has 0 aromatic carbocycles. The summed E-state index contributed by atoms with van der Waals surface area (Å²) in [5, 5.41) is 9.53. The molecule has 0 spiro atoms. The van der Waals surface area contributed by atoms with Crippen molar-refractivity contribution in [3.63, 3.8) is 0 Å². The number of carboxylic acid groups (broad SMARTS) is 1. The average molecular weight is 210 g/mol. The lowest BCUT2D eigenvalue weighted by Gasteiger charge is -2.35. The van der Waals surface area contributed by atoms with Gasteiger partial charge < -0.3 is 5.11 Å². The topological polar surface area (TPSA) is 37.3 Å². The second-order valence-corrected chi connectivity index (χ2v) is 5.76. The molecule has 0 aliphatic heterocycles. The van der Waals surface area contributed by atoms with E-state index in [1.165, 1.54) is 12.8 Å². The van der Waals surface area contributed by atoms with Gasteiger partial charge in [0.25, 0.3) is 0 Å². The van der Waals surface area contributed by atoms with Crippen LogP contribution in [-0.2, 0) is 4.79 Å². The van der Waals surface area contributed by atoms with Gasteiger partial charge in [0, 0.05) is 0 Å². The molecular weight excluding hydrogens is 188 g/mol. The third kappa shape index (κ3) is 1.68. The van der Waals surface area contributed by atoms with Gasteiger partial charge in [0.15, 0.2) is 0 Å². The fourth-order valence-electron chi connectivity index (χ4n) is 3.81. The van der Waals surface area contributed by atoms with E-state index in [0.29, 0.717) is 11.8 Å². The predicted molar refractivity (Wildman–Crippen MR) is 59.6 cm³/mol. The number of aliphatic carboxylic acids is 1. The molecule has 0 aromatic rings. The van der Waals surface area contributed by atoms with Gasteiger partial charge in [-0.1, -0.05) is 26.7 Å². The average Bonchev–Trinajstić information content (AvgIpc) is 2.77. The van der Waals surface area contributed by atoms with Gasteiger partial charge in [-0.25, -0.2) is 0 Å². The van der Waals surface area contributed by atoms with E-state index in [1.807, 2.05) is 0 Å². The monoisotopic (exact) mass is 210 g/mol. The summed E-state index contributed by atoms with van der Waals surface area (Å²) in [6, 6.07) is 0. The Kier molecular flexibility index (Phi) is 2.78. The SMILES string of the molecule is CCC(C)CC1(C(=O)O)CC2CCC1C2. The number of fused-ring (bicyclic) bond motifs is 2. The van der Waals surface area contributed by atoms with Gasteiger partial charge in [0.05, 0.1) is 5.41 Å². The zero-order valence-electron chi connectivity index (χ0n) is 9.83. The van der Waals surface area contributed by atoms with Crippen molar-refractivity contribution < 1.29 is 9.90 Å². The fraction of sp³-hybridized carbons (Fsp3) is 0.923. The summed E-state index contributed by atoms with van der Waals surface area (Å²) in [5.41, 5.74) is -0.349. The van der Waals surface area contributed by atoms with Gasteiger partial charge in [-0.05, 0) is 43.4 Å². The standard InChI is InChI=1S/C13H22O2/c1-3-9(2)7-13(12(14)15)8-10-4-5-11(13)6-10/h9-11H,3-8H2,1-2H3,(H,14,15). The number of rotatable bonds is 4. The first kappa shape index (κ1) is 11.0. The molecule has 4 unspecified atom stereocenters. The molecule has 1 N–H and O–H groups in total. The maximum atomic E-state index is 11.6. The summed E-state index contributed by atoms with van der Waals surface area (Å²) in [6.45, 7) is 4.35. The van der Waals surface area contributed by atoms with Crippen LogP contribution in [0.1, 0.15) is 52.4 Å². The maximum Gasteiger partial charge on any atom is 0.309 e. The molecule has 0 amide bonds. The normalized spacial score (nSPS) is 40.7. The molecule has 2 fully saturated rings. The molecule has 0 heterocycles. The van der Waals surface area contributed by atoms with Crippen LogP contribution in [0.4, 0.5) is 0 Å². The van der Waals surface area contributed by atoms with Crippen LogP contribution < -0.4 is 0 Å². The van der Waals surface area contributed by atoms with Crippen LogP contribution in [0.5, 0.6) is 0 Å². The van der Waals surface area contributed by atoms with Gasteiger partial charge in [0.2, 0.25) is 0 Å². The molecule has 2 saturated carbocycles. The van der Waals surface area contributed by atoms with Crippen molar-refractivity contribution in [1.29, 1.82) is 0 Å². The molecule has 0 radical (unpaired) electrons. The smallest absolute Gasteiger partial charge is 0.309 e. The second kappa shape index (κ2) is 3.80. The quantitative estimate of drug-likeness (QED) is 0.773. The van der Waals surface area contributed by atoms with E-state index in [4.69, 9.17) is 0 Å². The minimum absolute atomic E-state index is 0.349. The Bertz CT molecular complexity index is 261. The zero-order valence-corrected chi connectivity index (χ0v) is 9.83. The van der Waals surface area contributed by atoms with E-state index in [0.717, 1.165) is 31.6 Å². The molecule has 2 nitrogen and oxygen atoms in total. The largest absolute Gasteiger partial charge is 0.481 e. The minimum atomic E-state index is -0.519. The summed E-state index contributed by atoms with van der Waals surface area (Å²) in [7, 11) is 0. The van der Waals surface area contributed by atoms with Gasteiger partial charge >= 0.3 is 5.97 Å². The number of hydrogen-bond acceptors (Lipinski definition) is 1. The Hall–Kier alpha value is -0.530. The van der Waals surface area contributed by atoms with Crippen molar-refractivity contribution in [3.8, 4) is 0 Å². The zero-order chi connectivity index (χ0) is 11.1. The van der Waals surface area contributed by atoms with Crippen molar-refractivity contribution in [1.82, 2.24) is 0 Å². The van der Waals surface area contributed by atoms with Crippen molar-refractivity contribution in [2.24, 2.45) is 23.2 Å². The summed E-state index contributed by atoms with van der Waals surface area (Å²) < 4.78 is 0. The highest BCUT2D eigenvalue weighted by Crippen LogP contribution is 2.58. The molecule has 0 saturated heterocycles. The van der Waals surface area contributed by atoms with Gasteiger partial charge in [0.1, 0.15) is 0 Å². The highest BCUT2D eigenvalue weighted by molar-refractivity contribution is 5.75. The number of carbonyl (C=O) groups is 1. The van der Waals surface area contributed by atoms with Crippen LogP contribution in [0, 0.1) is 23.2 Å². The predicted octanol–water partition coefficient (Wildman–Crippen LogP) is 3.31. The first-order valence-electron chi connectivity index (χ1n) is 6.32. The molecule has 2 aliphatic rings. The lowest BCUT2D eigenvalue weighted by atomic mass is 9.68. The van der Waals surface area contributed by atoms with Gasteiger partial charge in [-0.15, -0.1) is 0 Å². The molecule has 0 aromatic heterocycles. The fourth-order valence-corrected chi connectivity index (χ4v) is 3.81. The van der Waals surface area contributed by atoms with Crippen molar-refractivity contribution in [2.75, 3.05) is 0 Å². The number of hydrogen-bond donors (Lipinski definition) is 1. The molecule has 86 valence electrons. The lowest BCUT2D eigenvalue weighted by molar-refractivity contribution is -0.154. The summed E-state index contributed by atoms with van der Waals surface area (Å²) in [5.74, 6) is 1.24. The lowest BCUT2D eigenvalue weighted by Crippen LogP contribution is -2.38. The van der Waals surface area contributed by atoms with E-state index >= 15 is 0 Å². The van der Waals surface area contributed by atoms with Crippen LogP contribution in [0.15, 0.2) is 0 Å². The van der Waals surface area contributed by atoms with Crippen LogP contribution in [0.2, 0.25) is 0 Å². The highest BCUT2D eigenvalue weighted by Gasteiger charge is 2.55. The first-order valence-corrected chi connectivity index (χ1v) is 6.32. The Labute approximate surface area is 92.1 Å². The Balaban J connectivity index is 2.15. The third-order valence-corrected chi connectivity index (χ3v) is 4.81. The number of carboxylic acids is 1. The van der Waals surface area contributed by atoms with E-state index in [9.17, 15) is 9.90 Å². The second-order valence-electron chi connectivity index (χ2n) is 5.76. The van der Waals surface area contributed by atoms with Crippen LogP contribution >= 0.6 is 0 Å². The summed E-state index contributed by atoms with van der Waals surface area (Å²) in [4.78, 5) is 11.6. The molecule has 2 rings (SSSR count). The Morgan fingerprint density at radius 1 is 1.53 bits per heavy atom. The molecule has 15 heavy (non-hydrogen) atoms. The van der Waals surface area contributed by atoms with Crippen LogP contribution in [-0.4, -0.2) is 11.1 Å². The van der Waals surface area contributed by atoms with E-state index in [1.54, 1.807) is 0 Å². The molecule has 2 aliphatic carbocycles. The van der Waals surface area contributed by atoms with Crippen molar-refractivity contribution >= 4 is 5.97 Å². The summed E-state index contributed by atoms with van der Waals surface area (Å²) >= 11 is 0. The summed E-state index contributed by atoms with van der Waals surface area (Å²) in [6.07, 6.45) is 6.58. The Morgan fingerprint density at radius 2 is 2.27 bits per heavy atom. The highest BCUT2D eigenvalue weighted by atomic mass is 16.4. The van der Waals surface area contributed by atoms with Crippen molar-refractivity contribution in [3.05, 3.63) is 0 Å². The van der Waals surface area contributed by atoms with Crippen LogP contribution in [0.3, 0.4) is 0 Å². The molecular formula is C13H22O2. The molecule has 4 atom stereocenters. The third-order valence-electron chi connectivity index (χ3n) is 4.81. The van der Waals surface area contributed by atoms with E-state index < -0.39 is 5.97 Å². The maximum absolute atomic E-state index is 11.6. The van der Waals surface area contributed by atoms with Crippen LogP contribution in [0.25, 0.3) is 0 Å². The minimum Gasteiger partial charge on any atom is -0.481 e.